The van der Waals surface area contributed by atoms with Gasteiger partial charge >= 0.3 is 10.1 Å². The molecule has 1 aliphatic carbocycles. The molecule has 0 saturated heterocycles. The maximum atomic E-state index is 13.5. The number of benzene rings is 1. The summed E-state index contributed by atoms with van der Waals surface area (Å²) in [5, 5.41) is 9.36. The van der Waals surface area contributed by atoms with Crippen LogP contribution in [0.1, 0.15) is 38.8 Å². The Hall–Kier alpha value is -1.82. The summed E-state index contributed by atoms with van der Waals surface area (Å²) in [4.78, 5) is 0. The van der Waals surface area contributed by atoms with Crippen molar-refractivity contribution >= 4 is 21.5 Å². The predicted octanol–water partition coefficient (Wildman–Crippen LogP) is 3.86. The molecule has 4 nitrogen and oxygen atoms in total. The van der Waals surface area contributed by atoms with Crippen LogP contribution in [0.25, 0.3) is 11.3 Å². The van der Waals surface area contributed by atoms with E-state index < -0.39 is 21.4 Å². The molecule has 0 spiro atoms. The SMILES string of the molecule is CC1=C(OS(=O)(=O)CC(C)(C)C)c2cc(F)ccc2C1=CO. The lowest BCUT2D eigenvalue weighted by molar-refractivity contribution is 0.413. The van der Waals surface area contributed by atoms with Crippen molar-refractivity contribution in [3.05, 3.63) is 47.0 Å². The van der Waals surface area contributed by atoms with Gasteiger partial charge in [-0.05, 0) is 30.0 Å². The van der Waals surface area contributed by atoms with Crippen molar-refractivity contribution in [3.63, 3.8) is 0 Å². The highest BCUT2D eigenvalue weighted by molar-refractivity contribution is 7.87. The van der Waals surface area contributed by atoms with Crippen LogP contribution in [0.2, 0.25) is 0 Å². The summed E-state index contributed by atoms with van der Waals surface area (Å²) in [7, 11) is -3.83. The molecule has 0 fully saturated rings. The van der Waals surface area contributed by atoms with Gasteiger partial charge in [0.1, 0.15) is 5.82 Å². The highest BCUT2D eigenvalue weighted by atomic mass is 32.2. The summed E-state index contributed by atoms with van der Waals surface area (Å²) in [6.45, 7) is 6.99. The second kappa shape index (κ2) is 5.43. The molecule has 0 amide bonds. The summed E-state index contributed by atoms with van der Waals surface area (Å²) in [6.07, 6.45) is 0.874. The first-order valence-electron chi connectivity index (χ1n) is 6.82. The van der Waals surface area contributed by atoms with Gasteiger partial charge in [0.15, 0.2) is 5.76 Å². The molecule has 1 N–H and O–H groups in total. The minimum Gasteiger partial charge on any atom is -0.515 e. The third kappa shape index (κ3) is 3.32. The molecule has 0 radical (unpaired) electrons. The Morgan fingerprint density at radius 1 is 1.27 bits per heavy atom. The minimum atomic E-state index is -3.83. The fourth-order valence-electron chi connectivity index (χ4n) is 2.43. The second-order valence-electron chi connectivity index (χ2n) is 6.53. The molecule has 0 heterocycles. The quantitative estimate of drug-likeness (QED) is 0.676. The van der Waals surface area contributed by atoms with Crippen molar-refractivity contribution < 1.29 is 22.1 Å². The van der Waals surface area contributed by atoms with Crippen LogP contribution >= 0.6 is 0 Å². The highest BCUT2D eigenvalue weighted by Gasteiger charge is 2.31. The van der Waals surface area contributed by atoms with E-state index in [1.165, 1.54) is 18.2 Å². The zero-order chi connectivity index (χ0) is 16.7. The number of rotatable bonds is 3. The molecule has 2 rings (SSSR count). The molecule has 0 bridgehead atoms. The van der Waals surface area contributed by atoms with Crippen molar-refractivity contribution in [2.75, 3.05) is 5.75 Å². The van der Waals surface area contributed by atoms with Crippen LogP contribution in [-0.4, -0.2) is 19.3 Å². The molecule has 120 valence electrons. The molecule has 0 saturated carbocycles. The van der Waals surface area contributed by atoms with Crippen LogP contribution in [0.5, 0.6) is 0 Å². The van der Waals surface area contributed by atoms with Gasteiger partial charge in [0.2, 0.25) is 0 Å². The maximum absolute atomic E-state index is 13.5. The van der Waals surface area contributed by atoms with Crippen molar-refractivity contribution in [2.24, 2.45) is 5.41 Å². The number of aliphatic hydroxyl groups excluding tert-OH is 1. The van der Waals surface area contributed by atoms with Crippen molar-refractivity contribution in [1.29, 1.82) is 0 Å². The average Bonchev–Trinajstić information content (AvgIpc) is 2.58. The third-order valence-electron chi connectivity index (χ3n) is 3.21. The molecule has 0 aliphatic heterocycles. The number of hydrogen-bond acceptors (Lipinski definition) is 4. The minimum absolute atomic E-state index is 0.0686. The van der Waals surface area contributed by atoms with Gasteiger partial charge in [-0.1, -0.05) is 26.8 Å². The van der Waals surface area contributed by atoms with Crippen LogP contribution in [0.3, 0.4) is 0 Å². The Balaban J connectivity index is 2.48. The van der Waals surface area contributed by atoms with E-state index in [4.69, 9.17) is 4.18 Å². The lowest BCUT2D eigenvalue weighted by Crippen LogP contribution is -2.22. The van der Waals surface area contributed by atoms with Crippen molar-refractivity contribution in [1.82, 2.24) is 0 Å². The summed E-state index contributed by atoms with van der Waals surface area (Å²) in [5.74, 6) is -0.598. The smallest absolute Gasteiger partial charge is 0.309 e. The fourth-order valence-corrected chi connectivity index (χ4v) is 4.01. The van der Waals surface area contributed by atoms with Crippen LogP contribution in [-0.2, 0) is 14.3 Å². The van der Waals surface area contributed by atoms with E-state index in [0.29, 0.717) is 22.3 Å². The van der Waals surface area contributed by atoms with Gasteiger partial charge in [0.05, 0.1) is 12.0 Å². The molecular weight excluding hydrogens is 307 g/mol. The van der Waals surface area contributed by atoms with Crippen LogP contribution in [0, 0.1) is 11.2 Å². The number of halogens is 1. The van der Waals surface area contributed by atoms with E-state index in [1.54, 1.807) is 27.7 Å². The normalized spacial score (nSPS) is 17.0. The molecule has 1 aliphatic rings. The van der Waals surface area contributed by atoms with Crippen molar-refractivity contribution in [3.8, 4) is 0 Å². The molecule has 1 aromatic carbocycles. The summed E-state index contributed by atoms with van der Waals surface area (Å²) < 4.78 is 43.1. The molecule has 0 atom stereocenters. The van der Waals surface area contributed by atoms with E-state index in [0.717, 1.165) is 6.26 Å². The Kier molecular flexibility index (Phi) is 4.08. The number of fused-ring (bicyclic) bond motifs is 1. The zero-order valence-corrected chi connectivity index (χ0v) is 13.8. The van der Waals surface area contributed by atoms with Crippen LogP contribution in [0.15, 0.2) is 30.0 Å². The molecule has 22 heavy (non-hydrogen) atoms. The summed E-state index contributed by atoms with van der Waals surface area (Å²) in [5.41, 5.74) is 1.29. The van der Waals surface area contributed by atoms with Gasteiger partial charge < -0.3 is 9.29 Å². The van der Waals surface area contributed by atoms with Gasteiger partial charge in [-0.3, -0.25) is 0 Å². The Morgan fingerprint density at radius 2 is 1.91 bits per heavy atom. The van der Waals surface area contributed by atoms with E-state index >= 15 is 0 Å². The monoisotopic (exact) mass is 326 g/mol. The number of hydrogen-bond donors (Lipinski definition) is 1. The lowest BCUT2D eigenvalue weighted by Gasteiger charge is -2.18. The highest BCUT2D eigenvalue weighted by Crippen LogP contribution is 2.42. The van der Waals surface area contributed by atoms with E-state index in [2.05, 4.69) is 0 Å². The first-order valence-corrected chi connectivity index (χ1v) is 8.40. The van der Waals surface area contributed by atoms with E-state index in [-0.39, 0.29) is 11.5 Å². The van der Waals surface area contributed by atoms with Crippen LogP contribution < -0.4 is 0 Å². The largest absolute Gasteiger partial charge is 0.515 e. The van der Waals surface area contributed by atoms with Gasteiger partial charge in [0, 0.05) is 16.7 Å². The molecular formula is C16H19FO4S. The Bertz CT molecular complexity index is 768. The summed E-state index contributed by atoms with van der Waals surface area (Å²) >= 11 is 0. The molecule has 0 aromatic heterocycles. The average molecular weight is 326 g/mol. The van der Waals surface area contributed by atoms with Gasteiger partial charge in [0.25, 0.3) is 0 Å². The fraction of sp³-hybridized carbons (Fsp3) is 0.375. The Labute approximate surface area is 130 Å². The maximum Gasteiger partial charge on any atom is 0.309 e. The summed E-state index contributed by atoms with van der Waals surface area (Å²) in [6, 6.07) is 3.95. The third-order valence-corrected chi connectivity index (χ3v) is 4.85. The van der Waals surface area contributed by atoms with Crippen LogP contribution in [0.4, 0.5) is 4.39 Å². The first kappa shape index (κ1) is 16.5. The second-order valence-corrected chi connectivity index (χ2v) is 8.10. The molecule has 0 unspecified atom stereocenters. The molecule has 1 aromatic rings. The van der Waals surface area contributed by atoms with Gasteiger partial charge in [-0.25, -0.2) is 4.39 Å². The van der Waals surface area contributed by atoms with E-state index in [1.807, 2.05) is 0 Å². The molecule has 6 heteroatoms. The zero-order valence-electron chi connectivity index (χ0n) is 13.0. The standard InChI is InChI=1S/C16H19FO4S/c1-10-14(8-18)12-6-5-11(17)7-13(12)15(10)21-22(19,20)9-16(2,3)4/h5-8,18H,9H2,1-4H3. The lowest BCUT2D eigenvalue weighted by atomic mass is 10.0. The topological polar surface area (TPSA) is 63.6 Å². The van der Waals surface area contributed by atoms with E-state index in [9.17, 15) is 17.9 Å². The predicted molar refractivity (Wildman–Crippen MR) is 83.9 cm³/mol. The first-order chi connectivity index (χ1) is 10.0. The number of allylic oxidation sites excluding steroid dienone is 2. The van der Waals surface area contributed by atoms with Gasteiger partial charge in [-0.2, -0.15) is 8.42 Å². The Morgan fingerprint density at radius 3 is 2.45 bits per heavy atom. The number of aliphatic hydroxyl groups is 1. The van der Waals surface area contributed by atoms with Gasteiger partial charge in [-0.15, -0.1) is 0 Å². The van der Waals surface area contributed by atoms with Crippen molar-refractivity contribution in [2.45, 2.75) is 27.7 Å².